The number of phenols is 3. The normalized spacial score (nSPS) is 11.2. The molecule has 0 saturated heterocycles. The first-order valence-electron chi connectivity index (χ1n) is 6.26. The third-order valence-electron chi connectivity index (χ3n) is 3.38. The average Bonchev–Trinajstić information content (AvgIpc) is 2.55. The first kappa shape index (κ1) is 17.0. The van der Waals surface area contributed by atoms with Crippen LogP contribution in [0.4, 0.5) is 0 Å². The molecule has 3 rings (SSSR count). The van der Waals surface area contributed by atoms with E-state index in [4.69, 9.17) is 50.8 Å². The van der Waals surface area contributed by atoms with Gasteiger partial charge < -0.3 is 19.7 Å². The topological polar surface area (TPSA) is 90.9 Å². The summed E-state index contributed by atoms with van der Waals surface area (Å²) in [4.78, 5) is 12.7. The summed E-state index contributed by atoms with van der Waals surface area (Å²) in [6, 6.07) is 2.61. The summed E-state index contributed by atoms with van der Waals surface area (Å²) in [7, 11) is 0. The molecule has 3 N–H and O–H groups in total. The van der Waals surface area contributed by atoms with E-state index in [2.05, 4.69) is 0 Å². The molecule has 0 unspecified atom stereocenters. The van der Waals surface area contributed by atoms with Crippen molar-refractivity contribution in [1.29, 1.82) is 0 Å². The van der Waals surface area contributed by atoms with Crippen LogP contribution in [0.25, 0.3) is 22.1 Å². The standard InChI is InChI=1S/C15H6Cl4O5/c16-6-1-4(2-7(17)12(6)21)5-3-24-15-8(11(5)20)13(22)9(18)14(23)10(15)19/h1-3,21-23H. The number of rotatable bonds is 1. The molecule has 0 radical (unpaired) electrons. The van der Waals surface area contributed by atoms with E-state index in [1.807, 2.05) is 0 Å². The average molecular weight is 408 g/mol. The van der Waals surface area contributed by atoms with Gasteiger partial charge in [-0.1, -0.05) is 46.4 Å². The molecule has 24 heavy (non-hydrogen) atoms. The molecular formula is C15H6Cl4O5. The van der Waals surface area contributed by atoms with E-state index in [9.17, 15) is 20.1 Å². The second-order valence-electron chi connectivity index (χ2n) is 4.80. The van der Waals surface area contributed by atoms with Crippen molar-refractivity contribution >= 4 is 57.4 Å². The SMILES string of the molecule is O=c1c(-c2cc(Cl)c(O)c(Cl)c2)coc2c(Cl)c(O)c(Cl)c(O)c12. The molecular weight excluding hydrogens is 402 g/mol. The van der Waals surface area contributed by atoms with Gasteiger partial charge in [0.05, 0.1) is 15.6 Å². The maximum atomic E-state index is 12.7. The molecule has 0 bridgehead atoms. The third kappa shape index (κ3) is 2.45. The fraction of sp³-hybridized carbons (Fsp3) is 0. The van der Waals surface area contributed by atoms with E-state index in [-0.39, 0.29) is 42.9 Å². The summed E-state index contributed by atoms with van der Waals surface area (Å²) >= 11 is 23.4. The first-order valence-corrected chi connectivity index (χ1v) is 7.78. The smallest absolute Gasteiger partial charge is 0.204 e. The Bertz CT molecular complexity index is 1040. The zero-order chi connectivity index (χ0) is 17.8. The van der Waals surface area contributed by atoms with Crippen LogP contribution in [0.5, 0.6) is 17.2 Å². The first-order chi connectivity index (χ1) is 11.2. The summed E-state index contributed by atoms with van der Waals surface area (Å²) in [6.07, 6.45) is 1.07. The maximum Gasteiger partial charge on any atom is 0.204 e. The van der Waals surface area contributed by atoms with Crippen LogP contribution in [0.2, 0.25) is 20.1 Å². The van der Waals surface area contributed by atoms with Gasteiger partial charge >= 0.3 is 0 Å². The number of fused-ring (bicyclic) bond motifs is 1. The predicted molar refractivity (Wildman–Crippen MR) is 93.0 cm³/mol. The van der Waals surface area contributed by atoms with Gasteiger partial charge in [0.1, 0.15) is 21.7 Å². The molecule has 0 amide bonds. The fourth-order valence-corrected chi connectivity index (χ4v) is 3.15. The van der Waals surface area contributed by atoms with Crippen molar-refractivity contribution in [3.8, 4) is 28.4 Å². The Kier molecular flexibility index (Phi) is 4.21. The Morgan fingerprint density at radius 3 is 2.00 bits per heavy atom. The van der Waals surface area contributed by atoms with Crippen molar-refractivity contribution < 1.29 is 19.7 Å². The van der Waals surface area contributed by atoms with Crippen LogP contribution in [-0.4, -0.2) is 15.3 Å². The lowest BCUT2D eigenvalue weighted by Gasteiger charge is -2.09. The number of hydrogen-bond donors (Lipinski definition) is 3. The quantitative estimate of drug-likeness (QED) is 0.516. The summed E-state index contributed by atoms with van der Waals surface area (Å²) < 4.78 is 5.28. The molecule has 0 fully saturated rings. The molecule has 0 aliphatic rings. The Hall–Kier alpha value is -1.79. The minimum atomic E-state index is -0.671. The molecule has 3 aromatic rings. The van der Waals surface area contributed by atoms with Gasteiger partial charge in [-0.05, 0) is 17.7 Å². The Morgan fingerprint density at radius 1 is 0.833 bits per heavy atom. The van der Waals surface area contributed by atoms with Crippen LogP contribution >= 0.6 is 46.4 Å². The van der Waals surface area contributed by atoms with Gasteiger partial charge in [0.25, 0.3) is 0 Å². The highest BCUT2D eigenvalue weighted by atomic mass is 35.5. The molecule has 0 aliphatic heterocycles. The molecule has 9 heteroatoms. The number of halogens is 4. The zero-order valence-corrected chi connectivity index (χ0v) is 14.4. The second-order valence-corrected chi connectivity index (χ2v) is 6.37. The van der Waals surface area contributed by atoms with Gasteiger partial charge in [-0.2, -0.15) is 0 Å². The lowest BCUT2D eigenvalue weighted by Crippen LogP contribution is -2.05. The highest BCUT2D eigenvalue weighted by Gasteiger charge is 2.23. The second kappa shape index (κ2) is 5.93. The molecule has 0 aliphatic carbocycles. The molecule has 0 saturated carbocycles. The number of benzene rings is 2. The summed E-state index contributed by atoms with van der Waals surface area (Å²) in [5.74, 6) is -1.60. The van der Waals surface area contributed by atoms with Gasteiger partial charge in [-0.15, -0.1) is 0 Å². The summed E-state index contributed by atoms with van der Waals surface area (Å²) in [5, 5.41) is 28.2. The van der Waals surface area contributed by atoms with Crippen molar-refractivity contribution in [3.05, 3.63) is 48.7 Å². The van der Waals surface area contributed by atoms with Gasteiger partial charge in [0.2, 0.25) is 5.43 Å². The summed E-state index contributed by atoms with van der Waals surface area (Å²) in [6.45, 7) is 0. The van der Waals surface area contributed by atoms with Gasteiger partial charge in [-0.3, -0.25) is 4.79 Å². The predicted octanol–water partition coefficient (Wildman–Crippen LogP) is 5.19. The van der Waals surface area contributed by atoms with Crippen LogP contribution in [0, 0.1) is 0 Å². The molecule has 1 aromatic heterocycles. The fourth-order valence-electron chi connectivity index (χ4n) is 2.19. The van der Waals surface area contributed by atoms with Crippen LogP contribution in [0.15, 0.2) is 27.6 Å². The highest BCUT2D eigenvalue weighted by molar-refractivity contribution is 6.42. The van der Waals surface area contributed by atoms with Crippen molar-refractivity contribution in [2.24, 2.45) is 0 Å². The lowest BCUT2D eigenvalue weighted by atomic mass is 10.0. The van der Waals surface area contributed by atoms with E-state index in [0.29, 0.717) is 0 Å². The molecule has 2 aromatic carbocycles. The van der Waals surface area contributed by atoms with Crippen LogP contribution in [-0.2, 0) is 0 Å². The van der Waals surface area contributed by atoms with E-state index in [1.54, 1.807) is 0 Å². The van der Waals surface area contributed by atoms with Crippen molar-refractivity contribution in [1.82, 2.24) is 0 Å². The van der Waals surface area contributed by atoms with Crippen LogP contribution in [0.3, 0.4) is 0 Å². The number of aromatic hydroxyl groups is 3. The Morgan fingerprint density at radius 2 is 1.42 bits per heavy atom. The van der Waals surface area contributed by atoms with Gasteiger partial charge in [0, 0.05) is 0 Å². The van der Waals surface area contributed by atoms with Crippen molar-refractivity contribution in [2.75, 3.05) is 0 Å². The minimum Gasteiger partial charge on any atom is -0.505 e. The molecule has 0 atom stereocenters. The monoisotopic (exact) mass is 406 g/mol. The highest BCUT2D eigenvalue weighted by Crippen LogP contribution is 2.45. The Balaban J connectivity index is 2.41. The van der Waals surface area contributed by atoms with Gasteiger partial charge in [0.15, 0.2) is 22.8 Å². The summed E-state index contributed by atoms with van der Waals surface area (Å²) in [5.41, 5.74) is -0.645. The number of hydrogen-bond acceptors (Lipinski definition) is 5. The van der Waals surface area contributed by atoms with Crippen LogP contribution in [0.1, 0.15) is 0 Å². The molecule has 124 valence electrons. The van der Waals surface area contributed by atoms with Crippen molar-refractivity contribution in [3.63, 3.8) is 0 Å². The Labute approximate surface area is 154 Å². The zero-order valence-electron chi connectivity index (χ0n) is 11.4. The number of phenolic OH excluding ortho intramolecular Hbond substituents is 3. The molecule has 1 heterocycles. The lowest BCUT2D eigenvalue weighted by molar-refractivity contribution is 0.452. The van der Waals surface area contributed by atoms with E-state index < -0.39 is 22.0 Å². The van der Waals surface area contributed by atoms with Crippen LogP contribution < -0.4 is 5.43 Å². The largest absolute Gasteiger partial charge is 0.505 e. The van der Waals surface area contributed by atoms with Gasteiger partial charge in [-0.25, -0.2) is 0 Å². The minimum absolute atomic E-state index is 0.000534. The maximum absolute atomic E-state index is 12.7. The molecule has 0 spiro atoms. The third-order valence-corrected chi connectivity index (χ3v) is 4.67. The van der Waals surface area contributed by atoms with E-state index in [0.717, 1.165) is 6.26 Å². The molecule has 5 nitrogen and oxygen atoms in total. The van der Waals surface area contributed by atoms with Crippen molar-refractivity contribution in [2.45, 2.75) is 0 Å². The van der Waals surface area contributed by atoms with E-state index >= 15 is 0 Å². The van der Waals surface area contributed by atoms with E-state index in [1.165, 1.54) is 12.1 Å².